The molecular formula is C19H25N3O3S. The maximum absolute atomic E-state index is 12.5. The Balaban J connectivity index is 1.35. The monoisotopic (exact) mass is 375 g/mol. The summed E-state index contributed by atoms with van der Waals surface area (Å²) in [6.07, 6.45) is 3.63. The minimum absolute atomic E-state index is 0.114. The smallest absolute Gasteiger partial charge is 0.223 e. The van der Waals surface area contributed by atoms with E-state index in [0.29, 0.717) is 0 Å². The van der Waals surface area contributed by atoms with Crippen molar-refractivity contribution in [2.45, 2.75) is 31.7 Å². The zero-order valence-electron chi connectivity index (χ0n) is 15.1. The molecule has 3 heterocycles. The number of nitrogens with zero attached hydrogens (tertiary/aromatic N) is 2. The van der Waals surface area contributed by atoms with Gasteiger partial charge in [-0.25, -0.2) is 4.98 Å². The summed E-state index contributed by atoms with van der Waals surface area (Å²) in [6, 6.07) is 6.29. The van der Waals surface area contributed by atoms with Crippen LogP contribution in [0.4, 0.5) is 5.13 Å². The topological polar surface area (TPSA) is 63.7 Å². The quantitative estimate of drug-likeness (QED) is 0.890. The van der Waals surface area contributed by atoms with Crippen LogP contribution >= 0.6 is 11.3 Å². The van der Waals surface area contributed by atoms with Gasteiger partial charge in [0.15, 0.2) is 5.13 Å². The summed E-state index contributed by atoms with van der Waals surface area (Å²) in [5.74, 6) is 1.16. The van der Waals surface area contributed by atoms with Crippen LogP contribution in [-0.2, 0) is 9.53 Å². The van der Waals surface area contributed by atoms with Gasteiger partial charge in [0.1, 0.15) is 5.75 Å². The SMILES string of the molecule is COc1ccc2sc(N3CCC(C(=O)NC4CCOCC4)CC3)nc2c1. The summed E-state index contributed by atoms with van der Waals surface area (Å²) in [7, 11) is 1.67. The number of anilines is 1. The van der Waals surface area contributed by atoms with Crippen molar-refractivity contribution < 1.29 is 14.3 Å². The molecule has 2 aliphatic heterocycles. The van der Waals surface area contributed by atoms with E-state index in [4.69, 9.17) is 14.5 Å². The van der Waals surface area contributed by atoms with Gasteiger partial charge in [-0.1, -0.05) is 11.3 Å². The molecule has 140 valence electrons. The zero-order chi connectivity index (χ0) is 17.9. The van der Waals surface area contributed by atoms with E-state index in [-0.39, 0.29) is 17.9 Å². The van der Waals surface area contributed by atoms with E-state index in [1.165, 1.54) is 4.70 Å². The predicted molar refractivity (Wildman–Crippen MR) is 103 cm³/mol. The molecular weight excluding hydrogens is 350 g/mol. The van der Waals surface area contributed by atoms with Crippen LogP contribution in [0, 0.1) is 5.92 Å². The summed E-state index contributed by atoms with van der Waals surface area (Å²) < 4.78 is 11.8. The number of ether oxygens (including phenoxy) is 2. The van der Waals surface area contributed by atoms with Gasteiger partial charge in [-0.05, 0) is 37.8 Å². The van der Waals surface area contributed by atoms with Gasteiger partial charge in [-0.15, -0.1) is 0 Å². The molecule has 1 amide bonds. The van der Waals surface area contributed by atoms with Gasteiger partial charge >= 0.3 is 0 Å². The average molecular weight is 375 g/mol. The van der Waals surface area contributed by atoms with Crippen molar-refractivity contribution in [3.63, 3.8) is 0 Å². The summed E-state index contributed by atoms with van der Waals surface area (Å²) in [5, 5.41) is 4.25. The lowest BCUT2D eigenvalue weighted by Gasteiger charge is -2.32. The largest absolute Gasteiger partial charge is 0.497 e. The number of piperidine rings is 1. The number of rotatable bonds is 4. The van der Waals surface area contributed by atoms with Crippen LogP contribution in [0.3, 0.4) is 0 Å². The molecule has 2 fully saturated rings. The van der Waals surface area contributed by atoms with Crippen LogP contribution in [0.1, 0.15) is 25.7 Å². The molecule has 1 aromatic heterocycles. The molecule has 0 aliphatic carbocycles. The molecule has 0 atom stereocenters. The normalized spacial score (nSPS) is 19.7. The number of benzene rings is 1. The van der Waals surface area contributed by atoms with E-state index in [9.17, 15) is 4.79 Å². The van der Waals surface area contributed by atoms with Crippen LogP contribution < -0.4 is 15.0 Å². The first-order valence-electron chi connectivity index (χ1n) is 9.30. The number of fused-ring (bicyclic) bond motifs is 1. The molecule has 2 saturated heterocycles. The van der Waals surface area contributed by atoms with Gasteiger partial charge in [0.05, 0.1) is 17.3 Å². The van der Waals surface area contributed by atoms with E-state index >= 15 is 0 Å². The second-order valence-corrected chi connectivity index (χ2v) is 8.00. The molecule has 0 spiro atoms. The highest BCUT2D eigenvalue weighted by molar-refractivity contribution is 7.22. The number of amides is 1. The number of hydrogen-bond donors (Lipinski definition) is 1. The minimum Gasteiger partial charge on any atom is -0.497 e. The Hall–Kier alpha value is -1.86. The van der Waals surface area contributed by atoms with E-state index in [0.717, 1.165) is 68.4 Å². The third-order valence-corrected chi connectivity index (χ3v) is 6.38. The molecule has 1 aromatic carbocycles. The van der Waals surface area contributed by atoms with E-state index in [2.05, 4.69) is 16.3 Å². The number of hydrogen-bond acceptors (Lipinski definition) is 6. The van der Waals surface area contributed by atoms with Crippen LogP contribution in [0.5, 0.6) is 5.75 Å². The Morgan fingerprint density at radius 1 is 1.27 bits per heavy atom. The Kier molecular flexibility index (Phi) is 5.26. The van der Waals surface area contributed by atoms with Crippen molar-refractivity contribution in [2.75, 3.05) is 38.3 Å². The standard InChI is InChI=1S/C19H25N3O3S/c1-24-15-2-3-17-16(12-15)21-19(26-17)22-8-4-13(5-9-22)18(23)20-14-6-10-25-11-7-14/h2-3,12-14H,4-11H2,1H3,(H,20,23). The van der Waals surface area contributed by atoms with Crippen LogP contribution in [0.15, 0.2) is 18.2 Å². The molecule has 0 saturated carbocycles. The van der Waals surface area contributed by atoms with E-state index in [1.807, 2.05) is 12.1 Å². The van der Waals surface area contributed by atoms with Crippen LogP contribution in [0.25, 0.3) is 10.2 Å². The summed E-state index contributed by atoms with van der Waals surface area (Å²) >= 11 is 1.71. The molecule has 0 radical (unpaired) electrons. The van der Waals surface area contributed by atoms with Crippen molar-refractivity contribution in [1.29, 1.82) is 0 Å². The summed E-state index contributed by atoms with van der Waals surface area (Å²) in [5.41, 5.74) is 0.976. The molecule has 2 aromatic rings. The van der Waals surface area contributed by atoms with Crippen molar-refractivity contribution in [3.8, 4) is 5.75 Å². The third kappa shape index (κ3) is 3.78. The van der Waals surface area contributed by atoms with Crippen molar-refractivity contribution in [2.24, 2.45) is 5.92 Å². The molecule has 6 nitrogen and oxygen atoms in total. The molecule has 2 aliphatic rings. The maximum Gasteiger partial charge on any atom is 0.223 e. The fraction of sp³-hybridized carbons (Fsp3) is 0.579. The van der Waals surface area contributed by atoms with Gasteiger partial charge in [0.2, 0.25) is 5.91 Å². The van der Waals surface area contributed by atoms with Crippen molar-refractivity contribution in [1.82, 2.24) is 10.3 Å². The fourth-order valence-electron chi connectivity index (χ4n) is 3.65. The number of carbonyl (C=O) groups is 1. The Morgan fingerprint density at radius 2 is 2.04 bits per heavy atom. The second kappa shape index (κ2) is 7.80. The highest BCUT2D eigenvalue weighted by Crippen LogP contribution is 2.33. The fourth-order valence-corrected chi connectivity index (χ4v) is 4.65. The minimum atomic E-state index is 0.114. The summed E-state index contributed by atoms with van der Waals surface area (Å²) in [6.45, 7) is 3.27. The van der Waals surface area contributed by atoms with Gasteiger partial charge in [-0.3, -0.25) is 4.79 Å². The lowest BCUT2D eigenvalue weighted by Crippen LogP contribution is -2.45. The molecule has 26 heavy (non-hydrogen) atoms. The van der Waals surface area contributed by atoms with Gasteiger partial charge < -0.3 is 19.7 Å². The Labute approximate surface area is 157 Å². The molecule has 0 bridgehead atoms. The first-order valence-corrected chi connectivity index (χ1v) is 10.1. The lowest BCUT2D eigenvalue weighted by atomic mass is 9.95. The number of methoxy groups -OCH3 is 1. The molecule has 1 N–H and O–H groups in total. The number of carbonyl (C=O) groups excluding carboxylic acids is 1. The van der Waals surface area contributed by atoms with Crippen molar-refractivity contribution >= 4 is 32.6 Å². The van der Waals surface area contributed by atoms with E-state index < -0.39 is 0 Å². The highest BCUT2D eigenvalue weighted by Gasteiger charge is 2.28. The zero-order valence-corrected chi connectivity index (χ0v) is 15.9. The van der Waals surface area contributed by atoms with Crippen LogP contribution in [-0.4, -0.2) is 50.3 Å². The second-order valence-electron chi connectivity index (χ2n) is 6.99. The first kappa shape index (κ1) is 17.5. The number of aromatic nitrogens is 1. The Bertz CT molecular complexity index is 764. The van der Waals surface area contributed by atoms with Gasteiger partial charge in [0.25, 0.3) is 0 Å². The van der Waals surface area contributed by atoms with E-state index in [1.54, 1.807) is 18.4 Å². The predicted octanol–water partition coefficient (Wildman–Crippen LogP) is 2.82. The van der Waals surface area contributed by atoms with Crippen LogP contribution in [0.2, 0.25) is 0 Å². The Morgan fingerprint density at radius 3 is 2.77 bits per heavy atom. The third-order valence-electron chi connectivity index (χ3n) is 5.29. The molecule has 4 rings (SSSR count). The average Bonchev–Trinajstić information content (AvgIpc) is 3.12. The van der Waals surface area contributed by atoms with Crippen molar-refractivity contribution in [3.05, 3.63) is 18.2 Å². The maximum atomic E-state index is 12.5. The van der Waals surface area contributed by atoms with Gasteiger partial charge in [-0.2, -0.15) is 0 Å². The molecule has 0 unspecified atom stereocenters. The first-order chi connectivity index (χ1) is 12.7. The number of thiazole rings is 1. The summed E-state index contributed by atoms with van der Waals surface area (Å²) in [4.78, 5) is 19.6. The van der Waals surface area contributed by atoms with Gasteiger partial charge in [0, 0.05) is 44.3 Å². The molecule has 7 heteroatoms. The highest BCUT2D eigenvalue weighted by atomic mass is 32.1. The lowest BCUT2D eigenvalue weighted by molar-refractivity contribution is -0.126. The number of nitrogens with one attached hydrogen (secondary N) is 1.